The molecule has 0 aliphatic carbocycles. The minimum absolute atomic E-state index is 0.0338. The first-order chi connectivity index (χ1) is 7.59. The number of carbonyl (C=O) groups excluding carboxylic acids is 1. The van der Waals surface area contributed by atoms with Crippen molar-refractivity contribution in [1.82, 2.24) is 0 Å². The fourth-order valence-corrected chi connectivity index (χ4v) is 2.01. The summed E-state index contributed by atoms with van der Waals surface area (Å²) >= 11 is 5.10. The smallest absolute Gasteiger partial charge is 0.196 e. The number of thiocarbonyl (C=S) groups is 1. The predicted octanol–water partition coefficient (Wildman–Crippen LogP) is 2.03. The van der Waals surface area contributed by atoms with Gasteiger partial charge in [0.05, 0.1) is 6.26 Å². The average molecular weight is 234 g/mol. The number of carbonyl (C=O) groups is 1. The van der Waals surface area contributed by atoms with E-state index < -0.39 is 5.92 Å². The summed E-state index contributed by atoms with van der Waals surface area (Å²) in [4.78, 5) is 20.1. The monoisotopic (exact) mass is 234 g/mol. The van der Waals surface area contributed by atoms with E-state index in [2.05, 4.69) is 9.98 Å². The second-order valence-corrected chi connectivity index (χ2v) is 3.97. The maximum Gasteiger partial charge on any atom is 0.196 e. The van der Waals surface area contributed by atoms with E-state index in [-0.39, 0.29) is 5.78 Å². The summed E-state index contributed by atoms with van der Waals surface area (Å²) < 4.78 is 5.18. The Morgan fingerprint density at radius 1 is 1.50 bits per heavy atom. The van der Waals surface area contributed by atoms with Crippen LogP contribution in [0.1, 0.15) is 19.6 Å². The highest BCUT2D eigenvalue weighted by molar-refractivity contribution is 7.80. The molecule has 0 saturated carbocycles. The van der Waals surface area contributed by atoms with Crippen molar-refractivity contribution in [3.05, 3.63) is 24.2 Å². The van der Waals surface area contributed by atoms with E-state index in [1.807, 2.05) is 0 Å². The van der Waals surface area contributed by atoms with Gasteiger partial charge in [0.25, 0.3) is 0 Å². The van der Waals surface area contributed by atoms with Gasteiger partial charge in [-0.2, -0.15) is 0 Å². The quantitative estimate of drug-likeness (QED) is 0.736. The maximum absolute atomic E-state index is 11.4. The Balaban J connectivity index is 2.38. The predicted molar refractivity (Wildman–Crippen MR) is 65.1 cm³/mol. The number of hydrogen-bond donors (Lipinski definition) is 0. The van der Waals surface area contributed by atoms with Crippen molar-refractivity contribution in [3.63, 3.8) is 0 Å². The van der Waals surface area contributed by atoms with Crippen LogP contribution in [0.4, 0.5) is 0 Å². The van der Waals surface area contributed by atoms with Crippen LogP contribution in [0.25, 0.3) is 0 Å². The lowest BCUT2D eigenvalue weighted by Crippen LogP contribution is -2.31. The van der Waals surface area contributed by atoms with Gasteiger partial charge in [0, 0.05) is 5.71 Å². The van der Waals surface area contributed by atoms with Gasteiger partial charge in [-0.05, 0) is 26.0 Å². The zero-order valence-electron chi connectivity index (χ0n) is 8.93. The summed E-state index contributed by atoms with van der Waals surface area (Å²) in [6, 6.07) is 3.51. The molecule has 0 N–H and O–H groups in total. The van der Waals surface area contributed by atoms with E-state index in [1.54, 1.807) is 25.3 Å². The van der Waals surface area contributed by atoms with Gasteiger partial charge in [0.1, 0.15) is 16.7 Å². The van der Waals surface area contributed by atoms with Crippen LogP contribution in [0.2, 0.25) is 0 Å². The molecule has 1 unspecified atom stereocenters. The minimum atomic E-state index is -0.464. The van der Waals surface area contributed by atoms with Gasteiger partial charge in [0.2, 0.25) is 0 Å². The first-order valence-corrected chi connectivity index (χ1v) is 5.22. The fourth-order valence-electron chi connectivity index (χ4n) is 1.59. The molecule has 16 heavy (non-hydrogen) atoms. The fraction of sp³-hybridized carbons (Fsp3) is 0.273. The number of nitrogens with zero attached hydrogens (tertiary/aromatic N) is 2. The standard InChI is InChI=1S/C11H10N2O2S/c1-6-9(7(2)14)11(16)13-10(12-6)8-4-3-5-15-8/h3-5,9H,1-2H3. The van der Waals surface area contributed by atoms with E-state index in [0.717, 1.165) is 0 Å². The molecule has 1 aliphatic rings. The van der Waals surface area contributed by atoms with Crippen molar-refractivity contribution in [2.24, 2.45) is 15.9 Å². The minimum Gasteiger partial charge on any atom is -0.461 e. The summed E-state index contributed by atoms with van der Waals surface area (Å²) in [7, 11) is 0. The molecule has 0 bridgehead atoms. The molecule has 0 amide bonds. The van der Waals surface area contributed by atoms with Gasteiger partial charge in [-0.25, -0.2) is 9.98 Å². The van der Waals surface area contributed by atoms with Crippen LogP contribution in [0.5, 0.6) is 0 Å². The third kappa shape index (κ3) is 1.86. The number of Topliss-reactive ketones (excluding diaryl/α,β-unsaturated/α-hetero) is 1. The van der Waals surface area contributed by atoms with Gasteiger partial charge in [-0.15, -0.1) is 0 Å². The lowest BCUT2D eigenvalue weighted by molar-refractivity contribution is -0.117. The Hall–Kier alpha value is -1.62. The molecule has 1 aliphatic heterocycles. The molecule has 2 heterocycles. The molecular formula is C11H10N2O2S. The third-order valence-corrected chi connectivity index (χ3v) is 2.64. The number of furan rings is 1. The molecule has 82 valence electrons. The maximum atomic E-state index is 11.4. The number of aliphatic imine (C=N–C) groups is 2. The summed E-state index contributed by atoms with van der Waals surface area (Å²) in [5.41, 5.74) is 0.666. The molecule has 0 radical (unpaired) electrons. The Morgan fingerprint density at radius 3 is 2.75 bits per heavy atom. The summed E-state index contributed by atoms with van der Waals surface area (Å²) in [5, 5.41) is 0. The first kappa shape index (κ1) is 10.9. The Morgan fingerprint density at radius 2 is 2.25 bits per heavy atom. The molecule has 1 atom stereocenters. The molecular weight excluding hydrogens is 224 g/mol. The molecule has 0 fully saturated rings. The normalized spacial score (nSPS) is 20.4. The SMILES string of the molecule is CC(=O)C1C(=S)N=C(c2ccco2)N=C1C. The van der Waals surface area contributed by atoms with Crippen molar-refractivity contribution in [3.8, 4) is 0 Å². The second-order valence-electron chi connectivity index (χ2n) is 3.55. The average Bonchev–Trinajstić information content (AvgIpc) is 2.67. The molecule has 0 saturated heterocycles. The van der Waals surface area contributed by atoms with Gasteiger partial charge in [-0.1, -0.05) is 12.2 Å². The van der Waals surface area contributed by atoms with Crippen LogP contribution in [0.15, 0.2) is 32.8 Å². The van der Waals surface area contributed by atoms with Crippen molar-refractivity contribution < 1.29 is 9.21 Å². The van der Waals surface area contributed by atoms with E-state index in [9.17, 15) is 4.79 Å². The van der Waals surface area contributed by atoms with E-state index in [1.165, 1.54) is 6.92 Å². The zero-order valence-corrected chi connectivity index (χ0v) is 9.75. The number of rotatable bonds is 2. The summed E-state index contributed by atoms with van der Waals surface area (Å²) in [6.45, 7) is 3.26. The van der Waals surface area contributed by atoms with E-state index in [4.69, 9.17) is 16.6 Å². The molecule has 4 nitrogen and oxygen atoms in total. The Kier molecular flexibility index (Phi) is 2.78. The summed E-state index contributed by atoms with van der Waals surface area (Å²) in [6.07, 6.45) is 1.54. The summed E-state index contributed by atoms with van der Waals surface area (Å²) in [5.74, 6) is 0.496. The number of ketones is 1. The van der Waals surface area contributed by atoms with Crippen LogP contribution in [0, 0.1) is 5.92 Å². The largest absolute Gasteiger partial charge is 0.461 e. The Bertz CT molecular complexity index is 500. The van der Waals surface area contributed by atoms with Crippen LogP contribution in [-0.2, 0) is 4.79 Å². The molecule has 0 spiro atoms. The van der Waals surface area contributed by atoms with E-state index >= 15 is 0 Å². The van der Waals surface area contributed by atoms with Crippen LogP contribution in [0.3, 0.4) is 0 Å². The lowest BCUT2D eigenvalue weighted by Gasteiger charge is -2.16. The Labute approximate surface area is 98.1 Å². The lowest BCUT2D eigenvalue weighted by atomic mass is 9.99. The van der Waals surface area contributed by atoms with Gasteiger partial charge < -0.3 is 4.42 Å². The molecule has 1 aromatic rings. The van der Waals surface area contributed by atoms with Crippen LogP contribution < -0.4 is 0 Å². The zero-order chi connectivity index (χ0) is 11.7. The number of hydrogen-bond acceptors (Lipinski definition) is 4. The van der Waals surface area contributed by atoms with Crippen LogP contribution in [-0.4, -0.2) is 22.3 Å². The topological polar surface area (TPSA) is 54.9 Å². The van der Waals surface area contributed by atoms with Gasteiger partial charge in [-0.3, -0.25) is 4.79 Å². The van der Waals surface area contributed by atoms with Crippen molar-refractivity contribution in [2.75, 3.05) is 0 Å². The van der Waals surface area contributed by atoms with Crippen LogP contribution >= 0.6 is 12.2 Å². The highest BCUT2D eigenvalue weighted by Gasteiger charge is 2.27. The number of amidine groups is 1. The second kappa shape index (κ2) is 4.09. The van der Waals surface area contributed by atoms with Crippen molar-refractivity contribution >= 4 is 34.5 Å². The highest BCUT2D eigenvalue weighted by atomic mass is 32.1. The first-order valence-electron chi connectivity index (χ1n) is 4.81. The van der Waals surface area contributed by atoms with Crippen molar-refractivity contribution in [2.45, 2.75) is 13.8 Å². The third-order valence-electron chi connectivity index (χ3n) is 2.31. The highest BCUT2D eigenvalue weighted by Crippen LogP contribution is 2.16. The molecule has 5 heteroatoms. The van der Waals surface area contributed by atoms with Gasteiger partial charge >= 0.3 is 0 Å². The molecule has 0 aromatic carbocycles. The van der Waals surface area contributed by atoms with E-state index in [0.29, 0.717) is 22.3 Å². The van der Waals surface area contributed by atoms with Gasteiger partial charge in [0.15, 0.2) is 11.6 Å². The molecule has 1 aromatic heterocycles. The van der Waals surface area contributed by atoms with Crippen molar-refractivity contribution in [1.29, 1.82) is 0 Å². The molecule has 2 rings (SSSR count).